The molecule has 4 heteroatoms. The minimum absolute atomic E-state index is 0.239. The van der Waals surface area contributed by atoms with Crippen molar-refractivity contribution in [1.29, 1.82) is 0 Å². The zero-order chi connectivity index (χ0) is 15.2. The van der Waals surface area contributed by atoms with E-state index in [0.717, 1.165) is 24.7 Å². The number of carbonyl (C=O) groups is 1. The molecule has 0 bridgehead atoms. The van der Waals surface area contributed by atoms with Gasteiger partial charge in [-0.25, -0.2) is 4.79 Å². The fourth-order valence-corrected chi connectivity index (χ4v) is 2.74. The third-order valence-corrected chi connectivity index (χ3v) is 4.34. The van der Waals surface area contributed by atoms with Gasteiger partial charge in [0.25, 0.3) is 0 Å². The summed E-state index contributed by atoms with van der Waals surface area (Å²) in [5, 5.41) is 8.92. The first kappa shape index (κ1) is 15.8. The van der Waals surface area contributed by atoms with E-state index < -0.39 is 5.97 Å². The van der Waals surface area contributed by atoms with Crippen molar-refractivity contribution in [2.24, 2.45) is 11.8 Å². The van der Waals surface area contributed by atoms with E-state index in [2.05, 4.69) is 13.8 Å². The van der Waals surface area contributed by atoms with Crippen molar-refractivity contribution < 1.29 is 19.4 Å². The molecule has 3 atom stereocenters. The fraction of sp³-hybridized carbons (Fsp3) is 0.588. The molecule has 2 rings (SSSR count). The number of hydrogen-bond donors (Lipinski definition) is 1. The summed E-state index contributed by atoms with van der Waals surface area (Å²) < 4.78 is 11.4. The fourth-order valence-electron chi connectivity index (χ4n) is 2.74. The van der Waals surface area contributed by atoms with Crippen LogP contribution in [0.3, 0.4) is 0 Å². The van der Waals surface area contributed by atoms with Crippen molar-refractivity contribution in [1.82, 2.24) is 0 Å². The molecule has 1 aliphatic rings. The van der Waals surface area contributed by atoms with Crippen LogP contribution in [0.25, 0.3) is 0 Å². The monoisotopic (exact) mass is 292 g/mol. The van der Waals surface area contributed by atoms with Gasteiger partial charge in [-0.15, -0.1) is 0 Å². The highest BCUT2D eigenvalue weighted by molar-refractivity contribution is 5.87. The van der Waals surface area contributed by atoms with E-state index in [1.807, 2.05) is 0 Å². The Bertz CT molecular complexity index is 472. The van der Waals surface area contributed by atoms with Crippen LogP contribution in [0.4, 0.5) is 0 Å². The largest absolute Gasteiger partial charge is 0.491 e. The molecule has 0 heterocycles. The van der Waals surface area contributed by atoms with E-state index in [-0.39, 0.29) is 5.56 Å². The molecule has 21 heavy (non-hydrogen) atoms. The summed E-state index contributed by atoms with van der Waals surface area (Å²) in [4.78, 5) is 10.9. The second kappa shape index (κ2) is 7.46. The standard InChI is InChI=1S/C17H24O4/c1-12-6-7-16(10-13(12)2)21-9-8-20-15-5-3-4-14(11-15)17(18)19/h3-5,11-13,16H,6-10H2,1-2H3,(H,18,19). The van der Waals surface area contributed by atoms with Gasteiger partial charge in [-0.05, 0) is 49.3 Å². The van der Waals surface area contributed by atoms with Crippen molar-refractivity contribution in [2.45, 2.75) is 39.2 Å². The summed E-state index contributed by atoms with van der Waals surface area (Å²) in [7, 11) is 0. The number of rotatable bonds is 6. The predicted molar refractivity (Wildman–Crippen MR) is 80.8 cm³/mol. The number of ether oxygens (including phenoxy) is 2. The van der Waals surface area contributed by atoms with E-state index in [1.54, 1.807) is 18.2 Å². The number of carboxylic acid groups (broad SMARTS) is 1. The van der Waals surface area contributed by atoms with Crippen LogP contribution in [-0.4, -0.2) is 30.4 Å². The smallest absolute Gasteiger partial charge is 0.335 e. The Morgan fingerprint density at radius 1 is 1.24 bits per heavy atom. The first-order chi connectivity index (χ1) is 10.1. The topological polar surface area (TPSA) is 55.8 Å². The Morgan fingerprint density at radius 2 is 2.05 bits per heavy atom. The van der Waals surface area contributed by atoms with Crippen LogP contribution in [0.1, 0.15) is 43.5 Å². The van der Waals surface area contributed by atoms with Crippen LogP contribution >= 0.6 is 0 Å². The lowest BCUT2D eigenvalue weighted by Gasteiger charge is -2.31. The average Bonchev–Trinajstić information content (AvgIpc) is 2.47. The summed E-state index contributed by atoms with van der Waals surface area (Å²) >= 11 is 0. The molecular formula is C17H24O4. The summed E-state index contributed by atoms with van der Waals surface area (Å²) in [6.07, 6.45) is 3.81. The molecule has 0 spiro atoms. The minimum Gasteiger partial charge on any atom is -0.491 e. The maximum atomic E-state index is 10.9. The SMILES string of the molecule is CC1CCC(OCCOc2cccc(C(=O)O)c2)CC1C. The van der Waals surface area contributed by atoms with Crippen LogP contribution in [0.15, 0.2) is 24.3 Å². The summed E-state index contributed by atoms with van der Waals surface area (Å²) in [5.74, 6) is 1.14. The molecule has 1 fully saturated rings. The van der Waals surface area contributed by atoms with Crippen LogP contribution in [0.2, 0.25) is 0 Å². The lowest BCUT2D eigenvalue weighted by atomic mass is 9.80. The average molecular weight is 292 g/mol. The van der Waals surface area contributed by atoms with Crippen molar-refractivity contribution in [2.75, 3.05) is 13.2 Å². The van der Waals surface area contributed by atoms with Crippen molar-refractivity contribution in [3.8, 4) is 5.75 Å². The van der Waals surface area contributed by atoms with Gasteiger partial charge in [0.1, 0.15) is 12.4 Å². The highest BCUT2D eigenvalue weighted by Crippen LogP contribution is 2.30. The summed E-state index contributed by atoms with van der Waals surface area (Å²) in [6, 6.07) is 6.53. The molecule has 1 aromatic carbocycles. The second-order valence-electron chi connectivity index (χ2n) is 5.94. The van der Waals surface area contributed by atoms with Gasteiger partial charge in [-0.3, -0.25) is 0 Å². The van der Waals surface area contributed by atoms with E-state index in [1.165, 1.54) is 12.5 Å². The molecular weight excluding hydrogens is 268 g/mol. The maximum absolute atomic E-state index is 10.9. The Hall–Kier alpha value is -1.55. The van der Waals surface area contributed by atoms with Gasteiger partial charge in [-0.2, -0.15) is 0 Å². The number of hydrogen-bond acceptors (Lipinski definition) is 3. The van der Waals surface area contributed by atoms with Crippen LogP contribution in [0, 0.1) is 11.8 Å². The van der Waals surface area contributed by atoms with Gasteiger partial charge in [-0.1, -0.05) is 19.9 Å². The van der Waals surface area contributed by atoms with Gasteiger partial charge in [0, 0.05) is 0 Å². The predicted octanol–water partition coefficient (Wildman–Crippen LogP) is 3.60. The second-order valence-corrected chi connectivity index (χ2v) is 5.94. The third kappa shape index (κ3) is 4.74. The molecule has 1 aliphatic carbocycles. The van der Waals surface area contributed by atoms with Gasteiger partial charge in [0.2, 0.25) is 0 Å². The number of carboxylic acids is 1. The highest BCUT2D eigenvalue weighted by atomic mass is 16.5. The third-order valence-electron chi connectivity index (χ3n) is 4.34. The van der Waals surface area contributed by atoms with Crippen molar-refractivity contribution >= 4 is 5.97 Å². The summed E-state index contributed by atoms with van der Waals surface area (Å²) in [5.41, 5.74) is 0.239. The van der Waals surface area contributed by atoms with E-state index in [9.17, 15) is 4.79 Å². The molecule has 0 saturated heterocycles. The highest BCUT2D eigenvalue weighted by Gasteiger charge is 2.24. The first-order valence-corrected chi connectivity index (χ1v) is 7.64. The molecule has 0 aliphatic heterocycles. The lowest BCUT2D eigenvalue weighted by Crippen LogP contribution is -2.28. The van der Waals surface area contributed by atoms with E-state index >= 15 is 0 Å². The van der Waals surface area contributed by atoms with Gasteiger partial charge in [0.05, 0.1) is 18.3 Å². The first-order valence-electron chi connectivity index (χ1n) is 7.64. The molecule has 0 amide bonds. The molecule has 1 aromatic rings. The minimum atomic E-state index is -0.943. The Morgan fingerprint density at radius 3 is 2.76 bits per heavy atom. The van der Waals surface area contributed by atoms with Crippen molar-refractivity contribution in [3.05, 3.63) is 29.8 Å². The van der Waals surface area contributed by atoms with Crippen LogP contribution in [0.5, 0.6) is 5.75 Å². The Kier molecular flexibility index (Phi) is 5.62. The number of aromatic carboxylic acids is 1. The maximum Gasteiger partial charge on any atom is 0.335 e. The zero-order valence-corrected chi connectivity index (χ0v) is 12.7. The van der Waals surface area contributed by atoms with Crippen LogP contribution in [-0.2, 0) is 4.74 Å². The molecule has 0 radical (unpaired) electrons. The van der Waals surface area contributed by atoms with E-state index in [0.29, 0.717) is 25.1 Å². The zero-order valence-electron chi connectivity index (χ0n) is 12.7. The number of benzene rings is 1. The summed E-state index contributed by atoms with van der Waals surface area (Å²) in [6.45, 7) is 5.58. The Labute approximate surface area is 126 Å². The normalized spacial score (nSPS) is 25.5. The van der Waals surface area contributed by atoms with Crippen LogP contribution < -0.4 is 4.74 Å². The lowest BCUT2D eigenvalue weighted by molar-refractivity contribution is -0.00909. The van der Waals surface area contributed by atoms with E-state index in [4.69, 9.17) is 14.6 Å². The molecule has 4 nitrogen and oxygen atoms in total. The molecule has 3 unspecified atom stereocenters. The van der Waals surface area contributed by atoms with Gasteiger partial charge < -0.3 is 14.6 Å². The quantitative estimate of drug-likeness (QED) is 0.814. The molecule has 1 N–H and O–H groups in total. The Balaban J connectivity index is 1.70. The van der Waals surface area contributed by atoms with Gasteiger partial charge in [0.15, 0.2) is 0 Å². The van der Waals surface area contributed by atoms with Gasteiger partial charge >= 0.3 is 5.97 Å². The molecule has 1 saturated carbocycles. The van der Waals surface area contributed by atoms with Crippen molar-refractivity contribution in [3.63, 3.8) is 0 Å². The molecule has 116 valence electrons. The molecule has 0 aromatic heterocycles.